The molecular formula is C18H21NO3. The molecule has 116 valence electrons. The first kappa shape index (κ1) is 15.9. The SMILES string of the molecule is COc1cc(C)ccc1OCC(=O)Nc1cc(C)ccc1C. The van der Waals surface area contributed by atoms with Gasteiger partial charge in [-0.2, -0.15) is 0 Å². The molecule has 0 spiro atoms. The van der Waals surface area contributed by atoms with Crippen LogP contribution in [0.4, 0.5) is 5.69 Å². The van der Waals surface area contributed by atoms with Crippen LogP contribution < -0.4 is 14.8 Å². The number of rotatable bonds is 5. The molecular weight excluding hydrogens is 278 g/mol. The Balaban J connectivity index is 2.00. The minimum Gasteiger partial charge on any atom is -0.493 e. The average Bonchev–Trinajstić information content (AvgIpc) is 2.49. The van der Waals surface area contributed by atoms with E-state index in [2.05, 4.69) is 5.32 Å². The Morgan fingerprint density at radius 2 is 1.68 bits per heavy atom. The highest BCUT2D eigenvalue weighted by Gasteiger charge is 2.09. The Labute approximate surface area is 131 Å². The third kappa shape index (κ3) is 4.01. The number of benzene rings is 2. The van der Waals surface area contributed by atoms with Crippen molar-refractivity contribution < 1.29 is 14.3 Å². The molecule has 22 heavy (non-hydrogen) atoms. The van der Waals surface area contributed by atoms with Gasteiger partial charge in [-0.1, -0.05) is 18.2 Å². The summed E-state index contributed by atoms with van der Waals surface area (Å²) in [6.07, 6.45) is 0. The Hall–Kier alpha value is -2.49. The Bertz CT molecular complexity index is 680. The van der Waals surface area contributed by atoms with Crippen molar-refractivity contribution in [1.29, 1.82) is 0 Å². The summed E-state index contributed by atoms with van der Waals surface area (Å²) in [4.78, 5) is 12.0. The van der Waals surface area contributed by atoms with Gasteiger partial charge in [0, 0.05) is 5.69 Å². The van der Waals surface area contributed by atoms with Gasteiger partial charge in [-0.25, -0.2) is 0 Å². The van der Waals surface area contributed by atoms with E-state index in [4.69, 9.17) is 9.47 Å². The summed E-state index contributed by atoms with van der Waals surface area (Å²) >= 11 is 0. The maximum absolute atomic E-state index is 12.0. The van der Waals surface area contributed by atoms with E-state index in [1.54, 1.807) is 13.2 Å². The Morgan fingerprint density at radius 3 is 2.41 bits per heavy atom. The van der Waals surface area contributed by atoms with Crippen molar-refractivity contribution in [3.63, 3.8) is 0 Å². The minimum atomic E-state index is -0.198. The van der Waals surface area contributed by atoms with Crippen molar-refractivity contribution in [2.45, 2.75) is 20.8 Å². The third-order valence-electron chi connectivity index (χ3n) is 3.35. The molecule has 0 atom stereocenters. The summed E-state index contributed by atoms with van der Waals surface area (Å²) in [5.74, 6) is 0.986. The Kier molecular flexibility index (Phi) is 5.04. The van der Waals surface area contributed by atoms with Crippen LogP contribution in [-0.4, -0.2) is 19.6 Å². The number of ether oxygens (including phenoxy) is 2. The van der Waals surface area contributed by atoms with Crippen molar-refractivity contribution >= 4 is 11.6 Å². The lowest BCUT2D eigenvalue weighted by Gasteiger charge is -2.12. The van der Waals surface area contributed by atoms with Crippen molar-refractivity contribution in [3.8, 4) is 11.5 Å². The predicted octanol–water partition coefficient (Wildman–Crippen LogP) is 3.64. The van der Waals surface area contributed by atoms with Crippen molar-refractivity contribution in [3.05, 3.63) is 53.1 Å². The summed E-state index contributed by atoms with van der Waals surface area (Å²) in [6, 6.07) is 11.5. The van der Waals surface area contributed by atoms with Gasteiger partial charge in [0.05, 0.1) is 7.11 Å². The van der Waals surface area contributed by atoms with Crippen LogP contribution in [0.1, 0.15) is 16.7 Å². The lowest BCUT2D eigenvalue weighted by atomic mass is 10.1. The molecule has 0 aliphatic carbocycles. The van der Waals surface area contributed by atoms with Gasteiger partial charge >= 0.3 is 0 Å². The molecule has 2 aromatic rings. The number of amides is 1. The van der Waals surface area contributed by atoms with Gasteiger partial charge in [0.2, 0.25) is 0 Å². The van der Waals surface area contributed by atoms with E-state index in [0.29, 0.717) is 11.5 Å². The first-order valence-electron chi connectivity index (χ1n) is 7.14. The lowest BCUT2D eigenvalue weighted by molar-refractivity contribution is -0.118. The number of carbonyl (C=O) groups excluding carboxylic acids is 1. The highest BCUT2D eigenvalue weighted by Crippen LogP contribution is 2.27. The molecule has 4 nitrogen and oxygen atoms in total. The maximum Gasteiger partial charge on any atom is 0.262 e. The fraction of sp³-hybridized carbons (Fsp3) is 0.278. The number of methoxy groups -OCH3 is 1. The summed E-state index contributed by atoms with van der Waals surface area (Å²) < 4.78 is 10.8. The van der Waals surface area contributed by atoms with Crippen molar-refractivity contribution in [1.82, 2.24) is 0 Å². The monoisotopic (exact) mass is 299 g/mol. The van der Waals surface area contributed by atoms with E-state index in [1.165, 1.54) is 0 Å². The van der Waals surface area contributed by atoms with Gasteiger partial charge in [0.1, 0.15) is 0 Å². The van der Waals surface area contributed by atoms with Gasteiger partial charge in [-0.15, -0.1) is 0 Å². The maximum atomic E-state index is 12.0. The second-order valence-corrected chi connectivity index (χ2v) is 5.31. The fourth-order valence-corrected chi connectivity index (χ4v) is 2.09. The second-order valence-electron chi connectivity index (χ2n) is 5.31. The quantitative estimate of drug-likeness (QED) is 0.917. The molecule has 0 saturated carbocycles. The first-order valence-corrected chi connectivity index (χ1v) is 7.14. The smallest absolute Gasteiger partial charge is 0.262 e. The molecule has 2 rings (SSSR count). The zero-order valence-electron chi connectivity index (χ0n) is 13.4. The molecule has 0 aromatic heterocycles. The molecule has 1 N–H and O–H groups in total. The topological polar surface area (TPSA) is 47.6 Å². The molecule has 0 radical (unpaired) electrons. The van der Waals surface area contributed by atoms with Gasteiger partial charge in [-0.3, -0.25) is 4.79 Å². The molecule has 0 heterocycles. The van der Waals surface area contributed by atoms with E-state index in [1.807, 2.05) is 51.1 Å². The summed E-state index contributed by atoms with van der Waals surface area (Å²) in [5.41, 5.74) is 4.00. The molecule has 0 saturated heterocycles. The molecule has 0 bridgehead atoms. The second kappa shape index (κ2) is 6.98. The minimum absolute atomic E-state index is 0.0627. The molecule has 4 heteroatoms. The Morgan fingerprint density at radius 1 is 1.00 bits per heavy atom. The fourth-order valence-electron chi connectivity index (χ4n) is 2.09. The number of carbonyl (C=O) groups is 1. The standard InChI is InChI=1S/C18H21NO3/c1-12-5-7-14(3)15(9-12)19-18(20)11-22-16-8-6-13(2)10-17(16)21-4/h5-10H,11H2,1-4H3,(H,19,20). The van der Waals surface area contributed by atoms with Crippen LogP contribution in [0.3, 0.4) is 0 Å². The molecule has 0 aliphatic rings. The van der Waals surface area contributed by atoms with E-state index in [-0.39, 0.29) is 12.5 Å². The predicted molar refractivity (Wildman–Crippen MR) is 87.8 cm³/mol. The van der Waals surface area contributed by atoms with Crippen LogP contribution in [0.2, 0.25) is 0 Å². The van der Waals surface area contributed by atoms with Gasteiger partial charge in [0.15, 0.2) is 18.1 Å². The third-order valence-corrected chi connectivity index (χ3v) is 3.35. The zero-order valence-corrected chi connectivity index (χ0v) is 13.4. The van der Waals surface area contributed by atoms with E-state index in [9.17, 15) is 4.79 Å². The summed E-state index contributed by atoms with van der Waals surface area (Å²) in [6.45, 7) is 5.86. The highest BCUT2D eigenvalue weighted by atomic mass is 16.5. The van der Waals surface area contributed by atoms with E-state index in [0.717, 1.165) is 22.4 Å². The molecule has 1 amide bonds. The van der Waals surface area contributed by atoms with Gasteiger partial charge in [-0.05, 0) is 55.7 Å². The van der Waals surface area contributed by atoms with Crippen LogP contribution in [0.25, 0.3) is 0 Å². The van der Waals surface area contributed by atoms with Gasteiger partial charge in [0.25, 0.3) is 5.91 Å². The molecule has 2 aromatic carbocycles. The van der Waals surface area contributed by atoms with Crippen molar-refractivity contribution in [2.75, 3.05) is 19.0 Å². The highest BCUT2D eigenvalue weighted by molar-refractivity contribution is 5.92. The van der Waals surface area contributed by atoms with Crippen LogP contribution >= 0.6 is 0 Å². The summed E-state index contributed by atoms with van der Waals surface area (Å²) in [7, 11) is 1.58. The van der Waals surface area contributed by atoms with E-state index < -0.39 is 0 Å². The van der Waals surface area contributed by atoms with Crippen molar-refractivity contribution in [2.24, 2.45) is 0 Å². The molecule has 0 fully saturated rings. The van der Waals surface area contributed by atoms with Crippen LogP contribution in [0, 0.1) is 20.8 Å². The van der Waals surface area contributed by atoms with Crippen LogP contribution in [-0.2, 0) is 4.79 Å². The van der Waals surface area contributed by atoms with Crippen LogP contribution in [0.15, 0.2) is 36.4 Å². The first-order chi connectivity index (χ1) is 10.5. The lowest BCUT2D eigenvalue weighted by Crippen LogP contribution is -2.20. The number of hydrogen-bond donors (Lipinski definition) is 1. The number of aryl methyl sites for hydroxylation is 3. The normalized spacial score (nSPS) is 10.2. The van der Waals surface area contributed by atoms with E-state index >= 15 is 0 Å². The largest absolute Gasteiger partial charge is 0.493 e. The molecule has 0 unspecified atom stereocenters. The van der Waals surface area contributed by atoms with Gasteiger partial charge < -0.3 is 14.8 Å². The number of hydrogen-bond acceptors (Lipinski definition) is 3. The summed E-state index contributed by atoms with van der Waals surface area (Å²) in [5, 5.41) is 2.87. The van der Waals surface area contributed by atoms with Crippen LogP contribution in [0.5, 0.6) is 11.5 Å². The number of nitrogens with one attached hydrogen (secondary N) is 1. The average molecular weight is 299 g/mol. The zero-order chi connectivity index (χ0) is 16.1. The molecule has 0 aliphatic heterocycles. The number of anilines is 1.